The molecule has 0 atom stereocenters. The Morgan fingerprint density at radius 2 is 2.21 bits per heavy atom. The van der Waals surface area contributed by atoms with Crippen LogP contribution >= 0.6 is 0 Å². The summed E-state index contributed by atoms with van der Waals surface area (Å²) < 4.78 is 0. The molecule has 2 aromatic rings. The number of rotatable bonds is 5. The van der Waals surface area contributed by atoms with Crippen LogP contribution in [0.25, 0.3) is 0 Å². The maximum Gasteiger partial charge on any atom is 0.251 e. The molecular formula is C14H18N4O. The molecule has 0 spiro atoms. The van der Waals surface area contributed by atoms with E-state index < -0.39 is 0 Å². The Balaban J connectivity index is 1.83. The normalized spacial score (nSPS) is 10.4. The first-order valence-corrected chi connectivity index (χ1v) is 6.37. The molecule has 0 fully saturated rings. The summed E-state index contributed by atoms with van der Waals surface area (Å²) in [4.78, 5) is 16.1. The lowest BCUT2D eigenvalue weighted by Gasteiger charge is -2.09. The standard InChI is InChI=1S/C14H18N4O/c1-10-5-3-6-12(11(10)2)14(19)15-8-4-7-13-16-9-17-18-13/h3,5-6,9H,4,7-8H2,1-2H3,(H,15,19)(H,16,17,18). The SMILES string of the molecule is Cc1cccc(C(=O)NCCCc2ncn[nH]2)c1C. The fourth-order valence-electron chi connectivity index (χ4n) is 1.90. The van der Waals surface area contributed by atoms with Gasteiger partial charge in [-0.2, -0.15) is 5.10 Å². The summed E-state index contributed by atoms with van der Waals surface area (Å²) in [6.45, 7) is 4.61. The summed E-state index contributed by atoms with van der Waals surface area (Å²) in [6, 6.07) is 5.77. The number of aromatic nitrogens is 3. The zero-order chi connectivity index (χ0) is 13.7. The van der Waals surface area contributed by atoms with Gasteiger partial charge in [0.15, 0.2) is 0 Å². The number of H-pyrrole nitrogens is 1. The van der Waals surface area contributed by atoms with Crippen molar-refractivity contribution >= 4 is 5.91 Å². The largest absolute Gasteiger partial charge is 0.352 e. The Bertz CT molecular complexity index is 549. The van der Waals surface area contributed by atoms with Crippen molar-refractivity contribution in [2.75, 3.05) is 6.54 Å². The van der Waals surface area contributed by atoms with Crippen molar-refractivity contribution < 1.29 is 4.79 Å². The smallest absolute Gasteiger partial charge is 0.251 e. The van der Waals surface area contributed by atoms with Gasteiger partial charge in [-0.25, -0.2) is 4.98 Å². The van der Waals surface area contributed by atoms with Crippen molar-refractivity contribution in [1.29, 1.82) is 0 Å². The summed E-state index contributed by atoms with van der Waals surface area (Å²) in [5.41, 5.74) is 2.92. The van der Waals surface area contributed by atoms with Gasteiger partial charge in [-0.05, 0) is 37.5 Å². The van der Waals surface area contributed by atoms with E-state index in [0.29, 0.717) is 6.54 Å². The maximum absolute atomic E-state index is 12.0. The fourth-order valence-corrected chi connectivity index (χ4v) is 1.90. The molecule has 5 nitrogen and oxygen atoms in total. The average Bonchev–Trinajstić information content (AvgIpc) is 2.91. The zero-order valence-electron chi connectivity index (χ0n) is 11.2. The highest BCUT2D eigenvalue weighted by molar-refractivity contribution is 5.95. The lowest BCUT2D eigenvalue weighted by Crippen LogP contribution is -2.25. The number of benzene rings is 1. The Morgan fingerprint density at radius 3 is 2.95 bits per heavy atom. The molecule has 0 saturated heterocycles. The lowest BCUT2D eigenvalue weighted by molar-refractivity contribution is 0.0952. The van der Waals surface area contributed by atoms with E-state index in [1.807, 2.05) is 32.0 Å². The Labute approximate surface area is 112 Å². The van der Waals surface area contributed by atoms with Crippen molar-refractivity contribution in [3.63, 3.8) is 0 Å². The zero-order valence-corrected chi connectivity index (χ0v) is 11.2. The number of aryl methyl sites for hydroxylation is 2. The molecule has 0 aliphatic carbocycles. The Morgan fingerprint density at radius 1 is 1.37 bits per heavy atom. The van der Waals surface area contributed by atoms with Gasteiger partial charge < -0.3 is 5.32 Å². The van der Waals surface area contributed by atoms with Gasteiger partial charge in [0.25, 0.3) is 5.91 Å². The van der Waals surface area contributed by atoms with Gasteiger partial charge in [-0.3, -0.25) is 9.89 Å². The molecule has 1 amide bonds. The predicted octanol–water partition coefficient (Wildman–Crippen LogP) is 1.78. The second-order valence-corrected chi connectivity index (χ2v) is 4.54. The molecule has 0 radical (unpaired) electrons. The third-order valence-electron chi connectivity index (χ3n) is 3.19. The number of carbonyl (C=O) groups is 1. The van der Waals surface area contributed by atoms with E-state index >= 15 is 0 Å². The van der Waals surface area contributed by atoms with Crippen molar-refractivity contribution in [3.05, 3.63) is 47.0 Å². The molecule has 2 N–H and O–H groups in total. The first-order chi connectivity index (χ1) is 9.18. The first kappa shape index (κ1) is 13.3. The summed E-state index contributed by atoms with van der Waals surface area (Å²) in [6.07, 6.45) is 3.11. The number of hydrogen-bond acceptors (Lipinski definition) is 3. The van der Waals surface area contributed by atoms with Crippen LogP contribution < -0.4 is 5.32 Å². The van der Waals surface area contributed by atoms with Crippen LogP contribution in [0.3, 0.4) is 0 Å². The molecule has 0 saturated carbocycles. The highest BCUT2D eigenvalue weighted by atomic mass is 16.1. The summed E-state index contributed by atoms with van der Waals surface area (Å²) in [7, 11) is 0. The molecule has 0 aliphatic heterocycles. The molecule has 2 rings (SSSR count). The van der Waals surface area contributed by atoms with Crippen LogP contribution in [0.4, 0.5) is 0 Å². The average molecular weight is 258 g/mol. The van der Waals surface area contributed by atoms with Crippen LogP contribution in [-0.2, 0) is 6.42 Å². The Kier molecular flexibility index (Phi) is 4.28. The van der Waals surface area contributed by atoms with Crippen LogP contribution in [0.1, 0.15) is 33.7 Å². The first-order valence-electron chi connectivity index (χ1n) is 6.37. The second kappa shape index (κ2) is 6.13. The molecule has 5 heteroatoms. The maximum atomic E-state index is 12.0. The number of nitrogens with zero attached hydrogens (tertiary/aromatic N) is 2. The third-order valence-corrected chi connectivity index (χ3v) is 3.19. The molecular weight excluding hydrogens is 240 g/mol. The molecule has 1 aromatic heterocycles. The number of nitrogens with one attached hydrogen (secondary N) is 2. The van der Waals surface area contributed by atoms with E-state index in [1.165, 1.54) is 6.33 Å². The van der Waals surface area contributed by atoms with Crippen molar-refractivity contribution in [2.24, 2.45) is 0 Å². The fraction of sp³-hybridized carbons (Fsp3) is 0.357. The summed E-state index contributed by atoms with van der Waals surface area (Å²) >= 11 is 0. The number of hydrogen-bond donors (Lipinski definition) is 2. The number of aromatic amines is 1. The van der Waals surface area contributed by atoms with Gasteiger partial charge in [0.05, 0.1) is 0 Å². The van der Waals surface area contributed by atoms with Crippen LogP contribution in [0.5, 0.6) is 0 Å². The van der Waals surface area contributed by atoms with Crippen LogP contribution in [-0.4, -0.2) is 27.6 Å². The predicted molar refractivity (Wildman–Crippen MR) is 73.0 cm³/mol. The van der Waals surface area contributed by atoms with Crippen LogP contribution in [0, 0.1) is 13.8 Å². The van der Waals surface area contributed by atoms with Crippen molar-refractivity contribution in [2.45, 2.75) is 26.7 Å². The van der Waals surface area contributed by atoms with Crippen molar-refractivity contribution in [1.82, 2.24) is 20.5 Å². The highest BCUT2D eigenvalue weighted by Gasteiger charge is 2.09. The quantitative estimate of drug-likeness (QED) is 0.803. The monoisotopic (exact) mass is 258 g/mol. The van der Waals surface area contributed by atoms with Gasteiger partial charge in [-0.1, -0.05) is 12.1 Å². The molecule has 19 heavy (non-hydrogen) atoms. The summed E-state index contributed by atoms with van der Waals surface area (Å²) in [5, 5.41) is 9.51. The molecule has 0 bridgehead atoms. The van der Waals surface area contributed by atoms with E-state index in [0.717, 1.165) is 35.4 Å². The minimum absolute atomic E-state index is 0.0150. The van der Waals surface area contributed by atoms with E-state index in [2.05, 4.69) is 20.5 Å². The topological polar surface area (TPSA) is 70.7 Å². The van der Waals surface area contributed by atoms with E-state index in [1.54, 1.807) is 0 Å². The van der Waals surface area contributed by atoms with Crippen LogP contribution in [0.2, 0.25) is 0 Å². The van der Waals surface area contributed by atoms with Gasteiger partial charge in [-0.15, -0.1) is 0 Å². The molecule has 1 heterocycles. The van der Waals surface area contributed by atoms with E-state index in [9.17, 15) is 4.79 Å². The molecule has 100 valence electrons. The minimum Gasteiger partial charge on any atom is -0.352 e. The second-order valence-electron chi connectivity index (χ2n) is 4.54. The third kappa shape index (κ3) is 3.40. The summed E-state index contributed by atoms with van der Waals surface area (Å²) in [5.74, 6) is 0.833. The van der Waals surface area contributed by atoms with Gasteiger partial charge >= 0.3 is 0 Å². The van der Waals surface area contributed by atoms with Crippen LogP contribution in [0.15, 0.2) is 24.5 Å². The highest BCUT2D eigenvalue weighted by Crippen LogP contribution is 2.12. The number of carbonyl (C=O) groups excluding carboxylic acids is 1. The molecule has 0 unspecified atom stereocenters. The Hall–Kier alpha value is -2.17. The van der Waals surface area contributed by atoms with Gasteiger partial charge in [0.1, 0.15) is 12.2 Å². The lowest BCUT2D eigenvalue weighted by atomic mass is 10.0. The number of amides is 1. The van der Waals surface area contributed by atoms with Gasteiger partial charge in [0.2, 0.25) is 0 Å². The van der Waals surface area contributed by atoms with Crippen molar-refractivity contribution in [3.8, 4) is 0 Å². The van der Waals surface area contributed by atoms with E-state index in [-0.39, 0.29) is 5.91 Å². The van der Waals surface area contributed by atoms with Gasteiger partial charge in [0, 0.05) is 18.5 Å². The molecule has 1 aromatic carbocycles. The van der Waals surface area contributed by atoms with E-state index in [4.69, 9.17) is 0 Å². The minimum atomic E-state index is -0.0150. The molecule has 0 aliphatic rings.